The molecule has 1 aliphatic heterocycles. The summed E-state index contributed by atoms with van der Waals surface area (Å²) < 4.78 is 16.7. The van der Waals surface area contributed by atoms with Crippen molar-refractivity contribution in [3.8, 4) is 0 Å². The summed E-state index contributed by atoms with van der Waals surface area (Å²) in [6, 6.07) is 1.04. The van der Waals surface area contributed by atoms with Gasteiger partial charge in [-0.25, -0.2) is 0 Å². The molecule has 4 heteroatoms. The van der Waals surface area contributed by atoms with Crippen LogP contribution in [0, 0.1) is 0 Å². The van der Waals surface area contributed by atoms with Gasteiger partial charge in [-0.15, -0.1) is 0 Å². The van der Waals surface area contributed by atoms with Gasteiger partial charge in [-0.2, -0.15) is 0 Å². The van der Waals surface area contributed by atoms with E-state index in [1.807, 2.05) is 0 Å². The fourth-order valence-electron chi connectivity index (χ4n) is 2.14. The van der Waals surface area contributed by atoms with Gasteiger partial charge in [0.2, 0.25) is 0 Å². The Labute approximate surface area is 102 Å². The molecule has 3 nitrogen and oxygen atoms in total. The lowest BCUT2D eigenvalue weighted by Gasteiger charge is -2.31. The second kappa shape index (κ2) is 7.41. The Bertz CT molecular complexity index is 223. The van der Waals surface area contributed by atoms with Gasteiger partial charge in [-0.3, -0.25) is 4.21 Å². The highest BCUT2D eigenvalue weighted by atomic mass is 32.2. The van der Waals surface area contributed by atoms with E-state index in [0.717, 1.165) is 38.0 Å². The van der Waals surface area contributed by atoms with Crippen LogP contribution in [-0.4, -0.2) is 41.0 Å². The molecule has 1 aliphatic rings. The van der Waals surface area contributed by atoms with Crippen molar-refractivity contribution >= 4 is 10.8 Å². The molecule has 0 radical (unpaired) electrons. The van der Waals surface area contributed by atoms with E-state index in [1.54, 1.807) is 6.26 Å². The van der Waals surface area contributed by atoms with E-state index in [0.29, 0.717) is 18.2 Å². The fraction of sp³-hybridized carbons (Fsp3) is 1.00. The van der Waals surface area contributed by atoms with Gasteiger partial charge in [0.1, 0.15) is 0 Å². The van der Waals surface area contributed by atoms with Gasteiger partial charge in [-0.1, -0.05) is 6.92 Å². The van der Waals surface area contributed by atoms with Crippen molar-refractivity contribution in [2.24, 2.45) is 0 Å². The van der Waals surface area contributed by atoms with Gasteiger partial charge >= 0.3 is 0 Å². The van der Waals surface area contributed by atoms with Crippen LogP contribution in [0.2, 0.25) is 0 Å². The SMILES string of the molecule is CCC1CC(NC(C)CCS(C)=O)CCO1. The van der Waals surface area contributed by atoms with Crippen molar-refractivity contribution in [1.82, 2.24) is 5.32 Å². The molecule has 0 bridgehead atoms. The van der Waals surface area contributed by atoms with Gasteiger partial charge in [0.15, 0.2) is 0 Å². The zero-order valence-corrected chi connectivity index (χ0v) is 11.5. The molecular weight excluding hydrogens is 222 g/mol. The third-order valence-corrected chi connectivity index (χ3v) is 3.99. The Morgan fingerprint density at radius 2 is 2.31 bits per heavy atom. The molecule has 96 valence electrons. The van der Waals surface area contributed by atoms with Crippen molar-refractivity contribution < 1.29 is 8.95 Å². The van der Waals surface area contributed by atoms with E-state index in [2.05, 4.69) is 19.2 Å². The van der Waals surface area contributed by atoms with Crippen LogP contribution < -0.4 is 5.32 Å². The minimum absolute atomic E-state index is 0.429. The summed E-state index contributed by atoms with van der Waals surface area (Å²) in [6.07, 6.45) is 6.53. The van der Waals surface area contributed by atoms with Crippen LogP contribution in [0.15, 0.2) is 0 Å². The van der Waals surface area contributed by atoms with Crippen molar-refractivity contribution in [3.05, 3.63) is 0 Å². The molecule has 4 atom stereocenters. The summed E-state index contributed by atoms with van der Waals surface area (Å²) in [4.78, 5) is 0. The summed E-state index contributed by atoms with van der Waals surface area (Å²) >= 11 is 0. The molecule has 0 aromatic heterocycles. The predicted octanol–water partition coefficient (Wildman–Crippen LogP) is 1.69. The smallest absolute Gasteiger partial charge is 0.0587 e. The minimum Gasteiger partial charge on any atom is -0.378 e. The lowest BCUT2D eigenvalue weighted by Crippen LogP contribution is -2.43. The molecule has 0 aromatic carbocycles. The standard InChI is InChI=1S/C12H25NO2S/c1-4-12-9-11(5-7-15-12)13-10(2)6-8-16(3)14/h10-13H,4-9H2,1-3H3. The predicted molar refractivity (Wildman–Crippen MR) is 69.2 cm³/mol. The molecule has 1 saturated heterocycles. The molecule has 1 N–H and O–H groups in total. The lowest BCUT2D eigenvalue weighted by molar-refractivity contribution is -0.00164. The third-order valence-electron chi connectivity index (χ3n) is 3.18. The minimum atomic E-state index is -0.666. The monoisotopic (exact) mass is 247 g/mol. The Morgan fingerprint density at radius 1 is 1.56 bits per heavy atom. The highest BCUT2D eigenvalue weighted by Gasteiger charge is 2.22. The highest BCUT2D eigenvalue weighted by Crippen LogP contribution is 2.17. The summed E-state index contributed by atoms with van der Waals surface area (Å²) in [7, 11) is -0.666. The largest absolute Gasteiger partial charge is 0.378 e. The first-order chi connectivity index (χ1) is 7.61. The Morgan fingerprint density at radius 3 is 2.94 bits per heavy atom. The number of nitrogens with one attached hydrogen (secondary N) is 1. The third kappa shape index (κ3) is 5.41. The van der Waals surface area contributed by atoms with Gasteiger partial charge < -0.3 is 10.1 Å². The van der Waals surface area contributed by atoms with Gasteiger partial charge in [0.25, 0.3) is 0 Å². The average molecular weight is 247 g/mol. The van der Waals surface area contributed by atoms with Gasteiger partial charge in [0, 0.05) is 41.5 Å². The van der Waals surface area contributed by atoms with Crippen LogP contribution in [0.4, 0.5) is 0 Å². The molecule has 1 fully saturated rings. The summed E-state index contributed by atoms with van der Waals surface area (Å²) in [5.41, 5.74) is 0. The number of ether oxygens (including phenoxy) is 1. The number of rotatable bonds is 6. The first-order valence-corrected chi connectivity index (χ1v) is 8.02. The number of hydrogen-bond donors (Lipinski definition) is 1. The molecule has 16 heavy (non-hydrogen) atoms. The van der Waals surface area contributed by atoms with Crippen LogP contribution in [-0.2, 0) is 15.5 Å². The Balaban J connectivity index is 2.22. The van der Waals surface area contributed by atoms with E-state index in [1.165, 1.54) is 0 Å². The van der Waals surface area contributed by atoms with Crippen LogP contribution in [0.1, 0.15) is 39.5 Å². The van der Waals surface area contributed by atoms with Crippen molar-refractivity contribution in [2.45, 2.75) is 57.7 Å². The molecule has 1 rings (SSSR count). The van der Waals surface area contributed by atoms with E-state index in [9.17, 15) is 4.21 Å². The van der Waals surface area contributed by atoms with Crippen molar-refractivity contribution in [1.29, 1.82) is 0 Å². The maximum Gasteiger partial charge on any atom is 0.0587 e. The van der Waals surface area contributed by atoms with Crippen LogP contribution >= 0.6 is 0 Å². The second-order valence-electron chi connectivity index (χ2n) is 4.76. The van der Waals surface area contributed by atoms with E-state index in [4.69, 9.17) is 4.74 Å². The maximum atomic E-state index is 11.0. The molecule has 1 heterocycles. The lowest BCUT2D eigenvalue weighted by atomic mass is 10.0. The molecule has 0 aliphatic carbocycles. The summed E-state index contributed by atoms with van der Waals surface area (Å²) in [5, 5.41) is 3.62. The van der Waals surface area contributed by atoms with Crippen molar-refractivity contribution in [3.63, 3.8) is 0 Å². The Kier molecular flexibility index (Phi) is 6.54. The van der Waals surface area contributed by atoms with Crippen LogP contribution in [0.5, 0.6) is 0 Å². The second-order valence-corrected chi connectivity index (χ2v) is 6.31. The van der Waals surface area contributed by atoms with Crippen LogP contribution in [0.3, 0.4) is 0 Å². The van der Waals surface area contributed by atoms with Crippen molar-refractivity contribution in [2.75, 3.05) is 18.6 Å². The molecule has 4 unspecified atom stereocenters. The molecule has 0 spiro atoms. The Hall–Kier alpha value is 0.0700. The highest BCUT2D eigenvalue weighted by molar-refractivity contribution is 7.84. The van der Waals surface area contributed by atoms with Gasteiger partial charge in [-0.05, 0) is 32.6 Å². The van der Waals surface area contributed by atoms with Gasteiger partial charge in [0.05, 0.1) is 6.10 Å². The molecule has 0 aromatic rings. The van der Waals surface area contributed by atoms with E-state index in [-0.39, 0.29) is 0 Å². The molecular formula is C12H25NO2S. The maximum absolute atomic E-state index is 11.0. The first-order valence-electron chi connectivity index (χ1n) is 6.29. The normalized spacial score (nSPS) is 29.9. The van der Waals surface area contributed by atoms with Crippen LogP contribution in [0.25, 0.3) is 0 Å². The van der Waals surface area contributed by atoms with E-state index < -0.39 is 10.8 Å². The zero-order valence-electron chi connectivity index (χ0n) is 10.7. The van der Waals surface area contributed by atoms with E-state index >= 15 is 0 Å². The molecule has 0 saturated carbocycles. The average Bonchev–Trinajstić information content (AvgIpc) is 2.26. The summed E-state index contributed by atoms with van der Waals surface area (Å²) in [5.74, 6) is 0.800. The molecule has 0 amide bonds. The fourth-order valence-corrected chi connectivity index (χ4v) is 2.83. The topological polar surface area (TPSA) is 38.3 Å². The zero-order chi connectivity index (χ0) is 12.0. The quantitative estimate of drug-likeness (QED) is 0.776. The first kappa shape index (κ1) is 14.1. The summed E-state index contributed by atoms with van der Waals surface area (Å²) in [6.45, 7) is 5.24. The number of hydrogen-bond acceptors (Lipinski definition) is 3.